The molecule has 3 rings (SSSR count). The van der Waals surface area contributed by atoms with E-state index < -0.39 is 0 Å². The van der Waals surface area contributed by atoms with E-state index in [-0.39, 0.29) is 5.41 Å². The number of anilines is 2. The van der Waals surface area contributed by atoms with Gasteiger partial charge in [-0.2, -0.15) is 0 Å². The molecule has 0 aliphatic rings. The Morgan fingerprint density at radius 3 is 1.75 bits per heavy atom. The third-order valence-corrected chi connectivity index (χ3v) is 4.36. The van der Waals surface area contributed by atoms with Gasteiger partial charge in [0, 0.05) is 16.9 Å². The van der Waals surface area contributed by atoms with Crippen molar-refractivity contribution in [1.29, 1.82) is 0 Å². The Morgan fingerprint density at radius 2 is 1.17 bits per heavy atom. The Hall–Kier alpha value is -2.74. The first-order valence-electron chi connectivity index (χ1n) is 8.21. The lowest BCUT2D eigenvalue weighted by molar-refractivity contribution is 0.590. The maximum Gasteiger partial charge on any atom is 0.0394 e. The van der Waals surface area contributed by atoms with E-state index in [4.69, 9.17) is 11.5 Å². The highest BCUT2D eigenvalue weighted by Gasteiger charge is 2.13. The molecule has 0 aliphatic carbocycles. The molecular weight excluding hydrogens is 292 g/mol. The van der Waals surface area contributed by atoms with Crippen molar-refractivity contribution in [3.05, 3.63) is 72.3 Å². The number of rotatable bonds is 2. The van der Waals surface area contributed by atoms with Crippen LogP contribution in [0.15, 0.2) is 66.7 Å². The van der Waals surface area contributed by atoms with Crippen molar-refractivity contribution in [2.24, 2.45) is 0 Å². The second kappa shape index (κ2) is 6.04. The summed E-state index contributed by atoms with van der Waals surface area (Å²) < 4.78 is 0. The monoisotopic (exact) mass is 316 g/mol. The van der Waals surface area contributed by atoms with E-state index in [1.165, 1.54) is 5.56 Å². The Balaban J connectivity index is 2.02. The lowest BCUT2D eigenvalue weighted by atomic mass is 9.86. The molecule has 0 saturated heterocycles. The van der Waals surface area contributed by atoms with Gasteiger partial charge < -0.3 is 11.5 Å². The highest BCUT2D eigenvalue weighted by atomic mass is 14.6. The van der Waals surface area contributed by atoms with Gasteiger partial charge in [0.05, 0.1) is 0 Å². The summed E-state index contributed by atoms with van der Waals surface area (Å²) in [4.78, 5) is 0. The van der Waals surface area contributed by atoms with Crippen LogP contribution in [0.5, 0.6) is 0 Å². The van der Waals surface area contributed by atoms with Crippen LogP contribution in [-0.2, 0) is 5.41 Å². The van der Waals surface area contributed by atoms with Gasteiger partial charge in [0.15, 0.2) is 0 Å². The van der Waals surface area contributed by atoms with Gasteiger partial charge in [0.1, 0.15) is 0 Å². The summed E-state index contributed by atoms with van der Waals surface area (Å²) in [6.45, 7) is 6.66. The van der Waals surface area contributed by atoms with Crippen LogP contribution in [0.4, 0.5) is 11.4 Å². The molecule has 0 unspecified atom stereocenters. The van der Waals surface area contributed by atoms with E-state index in [2.05, 4.69) is 51.1 Å². The Bertz CT molecular complexity index is 839. The molecule has 3 aromatic carbocycles. The van der Waals surface area contributed by atoms with Crippen molar-refractivity contribution in [2.75, 3.05) is 11.5 Å². The first kappa shape index (κ1) is 16.1. The molecule has 0 atom stereocenters. The fourth-order valence-corrected chi connectivity index (χ4v) is 2.81. The molecule has 24 heavy (non-hydrogen) atoms. The summed E-state index contributed by atoms with van der Waals surface area (Å²) in [6.07, 6.45) is 0. The van der Waals surface area contributed by atoms with Gasteiger partial charge in [-0.25, -0.2) is 0 Å². The fourth-order valence-electron chi connectivity index (χ4n) is 2.81. The zero-order chi connectivity index (χ0) is 17.3. The smallest absolute Gasteiger partial charge is 0.0394 e. The third kappa shape index (κ3) is 3.28. The average Bonchev–Trinajstić information content (AvgIpc) is 2.55. The minimum atomic E-state index is 0.149. The number of hydrogen-bond donors (Lipinski definition) is 2. The standard InChI is InChI=1S/C22H24N2/c1-22(2,3)18-9-4-16(5-10-18)20-14-17(8-13-21(20)24)15-6-11-19(23)12-7-15/h4-14H,23-24H2,1-3H3. The molecule has 0 aliphatic heterocycles. The average molecular weight is 316 g/mol. The lowest BCUT2D eigenvalue weighted by Gasteiger charge is -2.19. The van der Waals surface area contributed by atoms with Crippen molar-refractivity contribution in [3.63, 3.8) is 0 Å². The minimum Gasteiger partial charge on any atom is -0.399 e. The molecule has 0 spiro atoms. The van der Waals surface area contributed by atoms with Gasteiger partial charge >= 0.3 is 0 Å². The molecule has 2 nitrogen and oxygen atoms in total. The Kier molecular flexibility index (Phi) is 4.06. The minimum absolute atomic E-state index is 0.149. The Morgan fingerprint density at radius 1 is 0.625 bits per heavy atom. The zero-order valence-electron chi connectivity index (χ0n) is 14.5. The van der Waals surface area contributed by atoms with Crippen LogP contribution in [0.1, 0.15) is 26.3 Å². The van der Waals surface area contributed by atoms with E-state index in [0.29, 0.717) is 0 Å². The fraction of sp³-hybridized carbons (Fsp3) is 0.182. The summed E-state index contributed by atoms with van der Waals surface area (Å²) in [5.74, 6) is 0. The number of nitrogen functional groups attached to an aromatic ring is 2. The van der Waals surface area contributed by atoms with Gasteiger partial charge in [-0.15, -0.1) is 0 Å². The SMILES string of the molecule is CC(C)(C)c1ccc(-c2cc(-c3ccc(N)cc3)ccc2N)cc1. The van der Waals surface area contributed by atoms with Crippen LogP contribution in [0.25, 0.3) is 22.3 Å². The molecule has 0 aromatic heterocycles. The second-order valence-corrected chi connectivity index (χ2v) is 7.25. The van der Waals surface area contributed by atoms with Crippen molar-refractivity contribution in [2.45, 2.75) is 26.2 Å². The molecule has 0 fully saturated rings. The van der Waals surface area contributed by atoms with Crippen LogP contribution in [0.3, 0.4) is 0 Å². The number of benzene rings is 3. The molecule has 0 saturated carbocycles. The van der Waals surface area contributed by atoms with E-state index >= 15 is 0 Å². The Labute approximate surface area is 144 Å². The molecule has 3 aromatic rings. The summed E-state index contributed by atoms with van der Waals surface area (Å²) >= 11 is 0. The molecule has 0 heterocycles. The highest BCUT2D eigenvalue weighted by molar-refractivity contribution is 5.82. The van der Waals surface area contributed by atoms with Gasteiger partial charge in [0.25, 0.3) is 0 Å². The van der Waals surface area contributed by atoms with E-state index in [9.17, 15) is 0 Å². The molecule has 2 heteroatoms. The first-order chi connectivity index (χ1) is 11.3. The zero-order valence-corrected chi connectivity index (χ0v) is 14.5. The summed E-state index contributed by atoms with van der Waals surface area (Å²) in [7, 11) is 0. The van der Waals surface area contributed by atoms with Gasteiger partial charge in [0.2, 0.25) is 0 Å². The normalized spacial score (nSPS) is 11.5. The summed E-state index contributed by atoms with van der Waals surface area (Å²) in [6, 6.07) is 22.8. The van der Waals surface area contributed by atoms with Gasteiger partial charge in [-0.05, 0) is 51.9 Å². The quantitative estimate of drug-likeness (QED) is 0.615. The third-order valence-electron chi connectivity index (χ3n) is 4.36. The summed E-state index contributed by atoms with van der Waals surface area (Å²) in [5.41, 5.74) is 19.5. The van der Waals surface area contributed by atoms with Crippen molar-refractivity contribution in [1.82, 2.24) is 0 Å². The van der Waals surface area contributed by atoms with Crippen LogP contribution in [0.2, 0.25) is 0 Å². The van der Waals surface area contributed by atoms with Crippen molar-refractivity contribution in [3.8, 4) is 22.3 Å². The van der Waals surface area contributed by atoms with Crippen molar-refractivity contribution >= 4 is 11.4 Å². The van der Waals surface area contributed by atoms with E-state index in [1.807, 2.05) is 36.4 Å². The van der Waals surface area contributed by atoms with E-state index in [1.54, 1.807) is 0 Å². The van der Waals surface area contributed by atoms with Crippen LogP contribution in [-0.4, -0.2) is 0 Å². The predicted octanol–water partition coefficient (Wildman–Crippen LogP) is 5.48. The molecular formula is C22H24N2. The van der Waals surface area contributed by atoms with Crippen LogP contribution in [0, 0.1) is 0 Å². The highest BCUT2D eigenvalue weighted by Crippen LogP contribution is 2.33. The topological polar surface area (TPSA) is 52.0 Å². The van der Waals surface area contributed by atoms with E-state index in [0.717, 1.165) is 33.6 Å². The van der Waals surface area contributed by atoms with Gasteiger partial charge in [-0.3, -0.25) is 0 Å². The van der Waals surface area contributed by atoms with Crippen LogP contribution >= 0.6 is 0 Å². The predicted molar refractivity (Wildman–Crippen MR) is 105 cm³/mol. The maximum atomic E-state index is 6.23. The van der Waals surface area contributed by atoms with Crippen molar-refractivity contribution < 1.29 is 0 Å². The number of hydrogen-bond acceptors (Lipinski definition) is 2. The van der Waals surface area contributed by atoms with Gasteiger partial charge in [-0.1, -0.05) is 63.2 Å². The molecule has 122 valence electrons. The second-order valence-electron chi connectivity index (χ2n) is 7.25. The summed E-state index contributed by atoms with van der Waals surface area (Å²) in [5, 5.41) is 0. The lowest BCUT2D eigenvalue weighted by Crippen LogP contribution is -2.10. The van der Waals surface area contributed by atoms with Crippen LogP contribution < -0.4 is 11.5 Å². The molecule has 0 amide bonds. The molecule has 0 bridgehead atoms. The maximum absolute atomic E-state index is 6.23. The first-order valence-corrected chi connectivity index (χ1v) is 8.21. The molecule has 4 N–H and O–H groups in total. The molecule has 0 radical (unpaired) electrons. The largest absolute Gasteiger partial charge is 0.399 e. The number of nitrogens with two attached hydrogens (primary N) is 2.